The van der Waals surface area contributed by atoms with Gasteiger partial charge >= 0.3 is 0 Å². The average molecular weight is 314 g/mol. The van der Waals surface area contributed by atoms with Crippen molar-refractivity contribution >= 4 is 10.0 Å². The van der Waals surface area contributed by atoms with Crippen molar-refractivity contribution in [2.24, 2.45) is 11.8 Å². The van der Waals surface area contributed by atoms with E-state index < -0.39 is 10.0 Å². The van der Waals surface area contributed by atoms with Crippen LogP contribution in [0.4, 0.5) is 0 Å². The van der Waals surface area contributed by atoms with Gasteiger partial charge in [-0.05, 0) is 56.8 Å². The van der Waals surface area contributed by atoms with E-state index in [0.717, 1.165) is 50.6 Å². The number of piperidine rings is 1. The minimum atomic E-state index is -2.96. The molecule has 0 spiro atoms. The van der Waals surface area contributed by atoms with E-state index in [1.165, 1.54) is 19.3 Å². The first-order valence-corrected chi connectivity index (χ1v) is 10.2. The van der Waals surface area contributed by atoms with Crippen LogP contribution in [-0.4, -0.2) is 43.1 Å². The lowest BCUT2D eigenvalue weighted by atomic mass is 9.79. The highest BCUT2D eigenvalue weighted by molar-refractivity contribution is 7.90. The molecule has 1 aliphatic heterocycles. The molecule has 0 bridgehead atoms. The Labute approximate surface area is 129 Å². The van der Waals surface area contributed by atoms with Crippen LogP contribution in [0, 0.1) is 11.8 Å². The van der Waals surface area contributed by atoms with Crippen LogP contribution in [0.2, 0.25) is 0 Å². The summed E-state index contributed by atoms with van der Waals surface area (Å²) in [7, 11) is -2.96. The normalized spacial score (nSPS) is 36.8. The van der Waals surface area contributed by atoms with Gasteiger partial charge in [-0.1, -0.05) is 13.8 Å². The van der Waals surface area contributed by atoms with Gasteiger partial charge in [-0.2, -0.15) is 0 Å². The maximum Gasteiger partial charge on any atom is 0.216 e. The zero-order chi connectivity index (χ0) is 15.0. The summed E-state index contributed by atoms with van der Waals surface area (Å²) in [5.41, 5.74) is 0. The molecule has 21 heavy (non-hydrogen) atoms. The number of nitrogens with zero attached hydrogens (tertiary/aromatic N) is 1. The van der Waals surface area contributed by atoms with Gasteiger partial charge in [-0.3, -0.25) is 0 Å². The fourth-order valence-electron chi connectivity index (χ4n) is 3.89. The molecule has 5 heteroatoms. The highest BCUT2D eigenvalue weighted by Crippen LogP contribution is 2.33. The summed E-state index contributed by atoms with van der Waals surface area (Å²) >= 11 is 0. The molecule has 1 N–H and O–H groups in total. The second-order valence-electron chi connectivity index (χ2n) is 7.55. The SMILES string of the molecule is C[C@@H]1CC[C@H](NC2CCN(S(=O)(=O)C3CC3)CC2)C[C@H]1C. The van der Waals surface area contributed by atoms with Crippen LogP contribution in [0.3, 0.4) is 0 Å². The van der Waals surface area contributed by atoms with Gasteiger partial charge in [0.15, 0.2) is 0 Å². The molecule has 0 radical (unpaired) electrons. The predicted molar refractivity (Wildman–Crippen MR) is 85.6 cm³/mol. The van der Waals surface area contributed by atoms with Gasteiger partial charge in [-0.15, -0.1) is 0 Å². The molecular formula is C16H30N2O2S. The van der Waals surface area contributed by atoms with Crippen LogP contribution in [0.25, 0.3) is 0 Å². The molecule has 0 aromatic carbocycles. The Kier molecular flexibility index (Phi) is 4.63. The lowest BCUT2D eigenvalue weighted by Gasteiger charge is -2.38. The second kappa shape index (κ2) is 6.17. The zero-order valence-electron chi connectivity index (χ0n) is 13.4. The third-order valence-electron chi connectivity index (χ3n) is 5.83. The Morgan fingerprint density at radius 1 is 0.857 bits per heavy atom. The molecule has 3 fully saturated rings. The minimum Gasteiger partial charge on any atom is -0.311 e. The first-order chi connectivity index (χ1) is 9.96. The molecule has 3 aliphatic rings. The average Bonchev–Trinajstić information content (AvgIpc) is 3.28. The molecule has 3 atom stereocenters. The molecule has 3 rings (SSSR count). The minimum absolute atomic E-state index is 0.0531. The van der Waals surface area contributed by atoms with Crippen LogP contribution in [0.5, 0.6) is 0 Å². The quantitative estimate of drug-likeness (QED) is 0.866. The Hall–Kier alpha value is -0.130. The van der Waals surface area contributed by atoms with E-state index in [-0.39, 0.29) is 5.25 Å². The molecular weight excluding hydrogens is 284 g/mol. The van der Waals surface area contributed by atoms with Gasteiger partial charge in [0.2, 0.25) is 10.0 Å². The number of nitrogens with one attached hydrogen (secondary N) is 1. The van der Waals surface area contributed by atoms with E-state index in [1.54, 1.807) is 4.31 Å². The lowest BCUT2D eigenvalue weighted by Crippen LogP contribution is -2.49. The van der Waals surface area contributed by atoms with Crippen molar-refractivity contribution in [1.82, 2.24) is 9.62 Å². The Bertz CT molecular complexity index is 453. The van der Waals surface area contributed by atoms with Gasteiger partial charge in [0, 0.05) is 25.2 Å². The molecule has 4 nitrogen and oxygen atoms in total. The molecule has 0 amide bonds. The highest BCUT2D eigenvalue weighted by atomic mass is 32.2. The lowest BCUT2D eigenvalue weighted by molar-refractivity contribution is 0.195. The van der Waals surface area contributed by atoms with Gasteiger partial charge < -0.3 is 5.32 Å². The van der Waals surface area contributed by atoms with Crippen molar-refractivity contribution in [3.05, 3.63) is 0 Å². The molecule has 0 aromatic heterocycles. The van der Waals surface area contributed by atoms with Crippen LogP contribution >= 0.6 is 0 Å². The largest absolute Gasteiger partial charge is 0.311 e. The Balaban J connectivity index is 1.46. The maximum atomic E-state index is 12.2. The summed E-state index contributed by atoms with van der Waals surface area (Å²) in [6, 6.07) is 1.16. The fourth-order valence-corrected chi connectivity index (χ4v) is 5.76. The topological polar surface area (TPSA) is 49.4 Å². The van der Waals surface area contributed by atoms with E-state index in [0.29, 0.717) is 12.1 Å². The van der Waals surface area contributed by atoms with E-state index in [9.17, 15) is 8.42 Å². The molecule has 1 saturated heterocycles. The monoisotopic (exact) mass is 314 g/mol. The number of hydrogen-bond donors (Lipinski definition) is 1. The molecule has 1 heterocycles. The van der Waals surface area contributed by atoms with Crippen LogP contribution in [0.1, 0.15) is 58.8 Å². The first kappa shape index (κ1) is 15.8. The predicted octanol–water partition coefficient (Wildman–Crippen LogP) is 2.36. The summed E-state index contributed by atoms with van der Waals surface area (Å²) in [6.07, 6.45) is 7.59. The summed E-state index contributed by atoms with van der Waals surface area (Å²) in [6.45, 7) is 6.16. The van der Waals surface area contributed by atoms with Crippen molar-refractivity contribution in [2.45, 2.75) is 76.1 Å². The van der Waals surface area contributed by atoms with Gasteiger partial charge in [0.25, 0.3) is 0 Å². The molecule has 0 aromatic rings. The van der Waals surface area contributed by atoms with Gasteiger partial charge in [0.1, 0.15) is 0 Å². The Morgan fingerprint density at radius 3 is 2.10 bits per heavy atom. The highest BCUT2D eigenvalue weighted by Gasteiger charge is 2.41. The summed E-state index contributed by atoms with van der Waals surface area (Å²) < 4.78 is 26.2. The Morgan fingerprint density at radius 2 is 1.52 bits per heavy atom. The van der Waals surface area contributed by atoms with Crippen molar-refractivity contribution in [2.75, 3.05) is 13.1 Å². The second-order valence-corrected chi connectivity index (χ2v) is 9.76. The van der Waals surface area contributed by atoms with Crippen molar-refractivity contribution in [1.29, 1.82) is 0 Å². The summed E-state index contributed by atoms with van der Waals surface area (Å²) in [5.74, 6) is 1.67. The molecule has 2 aliphatic carbocycles. The van der Waals surface area contributed by atoms with Crippen molar-refractivity contribution in [3.8, 4) is 0 Å². The van der Waals surface area contributed by atoms with Crippen LogP contribution in [-0.2, 0) is 10.0 Å². The summed E-state index contributed by atoms with van der Waals surface area (Å²) in [4.78, 5) is 0. The van der Waals surface area contributed by atoms with Gasteiger partial charge in [-0.25, -0.2) is 12.7 Å². The molecule has 2 saturated carbocycles. The summed E-state index contributed by atoms with van der Waals surface area (Å²) in [5, 5.41) is 3.75. The fraction of sp³-hybridized carbons (Fsp3) is 1.00. The zero-order valence-corrected chi connectivity index (χ0v) is 14.2. The van der Waals surface area contributed by atoms with E-state index in [1.807, 2.05) is 0 Å². The third kappa shape index (κ3) is 3.62. The van der Waals surface area contributed by atoms with E-state index >= 15 is 0 Å². The molecule has 122 valence electrons. The van der Waals surface area contributed by atoms with E-state index in [4.69, 9.17) is 0 Å². The maximum absolute atomic E-state index is 12.2. The van der Waals surface area contributed by atoms with Gasteiger partial charge in [0.05, 0.1) is 5.25 Å². The number of hydrogen-bond acceptors (Lipinski definition) is 3. The van der Waals surface area contributed by atoms with Crippen LogP contribution in [0.15, 0.2) is 0 Å². The van der Waals surface area contributed by atoms with Crippen molar-refractivity contribution < 1.29 is 8.42 Å². The molecule has 0 unspecified atom stereocenters. The first-order valence-electron chi connectivity index (χ1n) is 8.72. The number of sulfonamides is 1. The van der Waals surface area contributed by atoms with Crippen molar-refractivity contribution in [3.63, 3.8) is 0 Å². The third-order valence-corrected chi connectivity index (χ3v) is 8.23. The number of rotatable bonds is 4. The van der Waals surface area contributed by atoms with Crippen LogP contribution < -0.4 is 5.32 Å². The van der Waals surface area contributed by atoms with E-state index in [2.05, 4.69) is 19.2 Å². The standard InChI is InChI=1S/C16H30N2O2S/c1-12-3-4-15(11-13(12)2)17-14-7-9-18(10-8-14)21(19,20)16-5-6-16/h12-17H,3-11H2,1-2H3/t12-,13-,15+/m1/s1. The smallest absolute Gasteiger partial charge is 0.216 e.